The van der Waals surface area contributed by atoms with Gasteiger partial charge in [-0.05, 0) is 50.3 Å². The van der Waals surface area contributed by atoms with Gasteiger partial charge in [-0.25, -0.2) is 0 Å². The zero-order valence-corrected chi connectivity index (χ0v) is 11.9. The maximum Gasteiger partial charge on any atom is 0.242 e. The summed E-state index contributed by atoms with van der Waals surface area (Å²) in [6.45, 7) is 4.22. The Bertz CT molecular complexity index is 422. The topological polar surface area (TPSA) is 53.2 Å². The maximum absolute atomic E-state index is 11.5. The number of hydrogen-bond acceptors (Lipinski definition) is 2. The van der Waals surface area contributed by atoms with Gasteiger partial charge >= 0.3 is 0 Å². The van der Waals surface area contributed by atoms with Crippen LogP contribution in [0, 0.1) is 0 Å². The fourth-order valence-electron chi connectivity index (χ4n) is 1.29. The molecule has 0 fully saturated rings. The Balaban J connectivity index is 2.46. The fourth-order valence-corrected chi connectivity index (χ4v) is 1.71. The van der Waals surface area contributed by atoms with Crippen LogP contribution in [0.3, 0.4) is 0 Å². The second-order valence-corrected chi connectivity index (χ2v) is 4.57. The minimum atomic E-state index is -0.378. The van der Waals surface area contributed by atoms with Gasteiger partial charge < -0.3 is 16.0 Å². The standard InChI is InChI=1S/C12H16ClN3OS/c1-3-14-11(17)8(2)15-12(18)16-10-6-4-9(13)5-7-10/h4-8H,3H2,1-2H3,(H,14,17)(H2,15,16,18)/t8-/m1/s1. The van der Waals surface area contributed by atoms with Crippen LogP contribution >= 0.6 is 23.8 Å². The molecule has 0 bridgehead atoms. The predicted octanol–water partition coefficient (Wildman–Crippen LogP) is 2.15. The number of carbonyl (C=O) groups is 1. The first kappa shape index (κ1) is 14.7. The molecule has 0 aliphatic heterocycles. The first-order valence-corrected chi connectivity index (χ1v) is 6.42. The Labute approximate surface area is 117 Å². The summed E-state index contributed by atoms with van der Waals surface area (Å²) in [6, 6.07) is 6.77. The molecular weight excluding hydrogens is 270 g/mol. The second-order valence-electron chi connectivity index (χ2n) is 3.72. The number of hydrogen-bond donors (Lipinski definition) is 3. The number of benzene rings is 1. The monoisotopic (exact) mass is 285 g/mol. The summed E-state index contributed by atoms with van der Waals surface area (Å²) < 4.78 is 0. The number of amides is 1. The van der Waals surface area contributed by atoms with Crippen LogP contribution in [0.1, 0.15) is 13.8 Å². The van der Waals surface area contributed by atoms with Gasteiger partial charge in [0.1, 0.15) is 6.04 Å². The van der Waals surface area contributed by atoms with Crippen LogP contribution in [-0.4, -0.2) is 23.6 Å². The van der Waals surface area contributed by atoms with Crippen LogP contribution in [0.2, 0.25) is 5.02 Å². The predicted molar refractivity (Wildman–Crippen MR) is 79.0 cm³/mol. The van der Waals surface area contributed by atoms with E-state index in [2.05, 4.69) is 16.0 Å². The molecule has 0 heterocycles. The van der Waals surface area contributed by atoms with Crippen LogP contribution in [0.5, 0.6) is 0 Å². The molecular formula is C12H16ClN3OS. The molecule has 1 amide bonds. The van der Waals surface area contributed by atoms with Gasteiger partial charge in [0.05, 0.1) is 0 Å². The van der Waals surface area contributed by atoms with Crippen LogP contribution in [-0.2, 0) is 4.79 Å². The van der Waals surface area contributed by atoms with E-state index in [4.69, 9.17) is 23.8 Å². The molecule has 3 N–H and O–H groups in total. The largest absolute Gasteiger partial charge is 0.355 e. The van der Waals surface area contributed by atoms with E-state index in [9.17, 15) is 4.79 Å². The van der Waals surface area contributed by atoms with Gasteiger partial charge in [0, 0.05) is 17.3 Å². The van der Waals surface area contributed by atoms with Crippen molar-refractivity contribution < 1.29 is 4.79 Å². The van der Waals surface area contributed by atoms with Crippen LogP contribution < -0.4 is 16.0 Å². The molecule has 4 nitrogen and oxygen atoms in total. The molecule has 0 aliphatic rings. The molecule has 0 saturated heterocycles. The lowest BCUT2D eigenvalue weighted by molar-refractivity contribution is -0.122. The molecule has 98 valence electrons. The molecule has 1 aromatic rings. The summed E-state index contributed by atoms with van der Waals surface area (Å²) in [5, 5.41) is 9.66. The SMILES string of the molecule is CCNC(=O)[C@@H](C)NC(=S)Nc1ccc(Cl)cc1. The van der Waals surface area contributed by atoms with Crippen molar-refractivity contribution in [2.75, 3.05) is 11.9 Å². The van der Waals surface area contributed by atoms with Crippen molar-refractivity contribution in [2.45, 2.75) is 19.9 Å². The molecule has 0 aliphatic carbocycles. The summed E-state index contributed by atoms with van der Waals surface area (Å²) >= 11 is 10.9. The van der Waals surface area contributed by atoms with Crippen molar-refractivity contribution in [3.63, 3.8) is 0 Å². The molecule has 1 atom stereocenters. The highest BCUT2D eigenvalue weighted by Gasteiger charge is 2.12. The van der Waals surface area contributed by atoms with E-state index >= 15 is 0 Å². The van der Waals surface area contributed by atoms with Gasteiger partial charge in [0.25, 0.3) is 0 Å². The first-order valence-electron chi connectivity index (χ1n) is 5.63. The summed E-state index contributed by atoms with van der Waals surface area (Å²) in [7, 11) is 0. The van der Waals surface area contributed by atoms with Gasteiger partial charge in [-0.15, -0.1) is 0 Å². The van der Waals surface area contributed by atoms with Crippen molar-refractivity contribution in [1.29, 1.82) is 0 Å². The van der Waals surface area contributed by atoms with E-state index in [-0.39, 0.29) is 11.9 Å². The lowest BCUT2D eigenvalue weighted by atomic mass is 10.3. The molecule has 0 aromatic heterocycles. The Kier molecular flexibility index (Phi) is 5.88. The molecule has 6 heteroatoms. The third-order valence-electron chi connectivity index (χ3n) is 2.19. The number of thiocarbonyl (C=S) groups is 1. The minimum absolute atomic E-state index is 0.0854. The van der Waals surface area contributed by atoms with E-state index in [1.165, 1.54) is 0 Å². The summed E-state index contributed by atoms with van der Waals surface area (Å²) in [6.07, 6.45) is 0. The maximum atomic E-state index is 11.5. The highest BCUT2D eigenvalue weighted by atomic mass is 35.5. The number of anilines is 1. The first-order chi connectivity index (χ1) is 8.52. The zero-order chi connectivity index (χ0) is 13.5. The van der Waals surface area contributed by atoms with Crippen LogP contribution in [0.25, 0.3) is 0 Å². The Morgan fingerprint density at radius 1 is 1.39 bits per heavy atom. The van der Waals surface area contributed by atoms with Crippen molar-refractivity contribution in [2.24, 2.45) is 0 Å². The molecule has 1 aromatic carbocycles. The molecule has 0 radical (unpaired) electrons. The van der Waals surface area contributed by atoms with Crippen molar-refractivity contribution >= 4 is 40.5 Å². The smallest absolute Gasteiger partial charge is 0.242 e. The van der Waals surface area contributed by atoms with Crippen molar-refractivity contribution in [1.82, 2.24) is 10.6 Å². The van der Waals surface area contributed by atoms with E-state index in [0.29, 0.717) is 16.7 Å². The van der Waals surface area contributed by atoms with Gasteiger partial charge in [-0.3, -0.25) is 4.79 Å². The zero-order valence-electron chi connectivity index (χ0n) is 10.3. The van der Waals surface area contributed by atoms with E-state index in [0.717, 1.165) is 5.69 Å². The number of halogens is 1. The van der Waals surface area contributed by atoms with Gasteiger partial charge in [-0.1, -0.05) is 11.6 Å². The second kappa shape index (κ2) is 7.18. The van der Waals surface area contributed by atoms with Gasteiger partial charge in [0.2, 0.25) is 5.91 Å². The number of rotatable bonds is 4. The molecule has 1 rings (SSSR count). The van der Waals surface area contributed by atoms with Crippen molar-refractivity contribution in [3.05, 3.63) is 29.3 Å². The summed E-state index contributed by atoms with van der Waals surface area (Å²) in [5.41, 5.74) is 0.819. The normalized spacial score (nSPS) is 11.5. The Morgan fingerprint density at radius 2 is 2.00 bits per heavy atom. The third-order valence-corrected chi connectivity index (χ3v) is 2.67. The molecule has 0 unspecified atom stereocenters. The minimum Gasteiger partial charge on any atom is -0.355 e. The van der Waals surface area contributed by atoms with E-state index in [1.807, 2.05) is 19.1 Å². The number of carbonyl (C=O) groups excluding carboxylic acids is 1. The van der Waals surface area contributed by atoms with Gasteiger partial charge in [0.15, 0.2) is 5.11 Å². The van der Waals surface area contributed by atoms with Gasteiger partial charge in [-0.2, -0.15) is 0 Å². The lowest BCUT2D eigenvalue weighted by Crippen LogP contribution is -2.46. The van der Waals surface area contributed by atoms with Crippen molar-refractivity contribution in [3.8, 4) is 0 Å². The fraction of sp³-hybridized carbons (Fsp3) is 0.333. The average Bonchev–Trinajstić information content (AvgIpc) is 2.32. The molecule has 0 spiro atoms. The van der Waals surface area contributed by atoms with E-state index in [1.54, 1.807) is 19.1 Å². The Morgan fingerprint density at radius 3 is 2.56 bits per heavy atom. The number of likely N-dealkylation sites (N-methyl/N-ethyl adjacent to an activating group) is 1. The highest BCUT2D eigenvalue weighted by Crippen LogP contribution is 2.13. The molecule has 0 saturated carbocycles. The van der Waals surface area contributed by atoms with Crippen LogP contribution in [0.15, 0.2) is 24.3 Å². The Hall–Kier alpha value is -1.33. The van der Waals surface area contributed by atoms with E-state index < -0.39 is 0 Å². The summed E-state index contributed by atoms with van der Waals surface area (Å²) in [5.74, 6) is -0.0854. The quantitative estimate of drug-likeness (QED) is 0.742. The average molecular weight is 286 g/mol. The number of nitrogens with one attached hydrogen (secondary N) is 3. The molecule has 18 heavy (non-hydrogen) atoms. The lowest BCUT2D eigenvalue weighted by Gasteiger charge is -2.16. The highest BCUT2D eigenvalue weighted by molar-refractivity contribution is 7.80. The third kappa shape index (κ3) is 4.89. The van der Waals surface area contributed by atoms with Crippen LogP contribution in [0.4, 0.5) is 5.69 Å². The summed E-state index contributed by atoms with van der Waals surface area (Å²) in [4.78, 5) is 11.5.